The van der Waals surface area contributed by atoms with Crippen molar-refractivity contribution in [3.63, 3.8) is 0 Å². The molecule has 2 aromatic carbocycles. The minimum atomic E-state index is -0.867. The molecule has 1 amide bonds. The van der Waals surface area contributed by atoms with Gasteiger partial charge in [-0.2, -0.15) is 0 Å². The fourth-order valence-corrected chi connectivity index (χ4v) is 3.00. The maximum atomic E-state index is 12.7. The number of rotatable bonds is 5. The number of Topliss-reactive ketones (excluding diaryl/α,β-unsaturated/α-hetero) is 1. The number of carbonyl (C=O) groups excluding carboxylic acids is 3. The van der Waals surface area contributed by atoms with Crippen LogP contribution in [0.4, 0.5) is 5.69 Å². The van der Waals surface area contributed by atoms with Crippen molar-refractivity contribution in [1.29, 1.82) is 0 Å². The molecule has 0 saturated heterocycles. The number of amides is 1. The lowest BCUT2D eigenvalue weighted by Gasteiger charge is -2.29. The van der Waals surface area contributed by atoms with E-state index in [0.717, 1.165) is 0 Å². The molecule has 132 valence electrons. The van der Waals surface area contributed by atoms with Crippen molar-refractivity contribution in [3.8, 4) is 5.75 Å². The molecule has 0 saturated carbocycles. The number of carbonyl (C=O) groups is 3. The van der Waals surface area contributed by atoms with Crippen LogP contribution in [0.5, 0.6) is 5.75 Å². The maximum absolute atomic E-state index is 12.7. The molecule has 6 nitrogen and oxygen atoms in total. The second-order valence-electron chi connectivity index (χ2n) is 5.72. The number of benzene rings is 2. The highest BCUT2D eigenvalue weighted by molar-refractivity contribution is 6.52. The number of hydrogen-bond donors (Lipinski definition) is 0. The topological polar surface area (TPSA) is 72.9 Å². The van der Waals surface area contributed by atoms with E-state index in [1.54, 1.807) is 36.4 Å². The van der Waals surface area contributed by atoms with Crippen LogP contribution < -0.4 is 9.64 Å². The van der Waals surface area contributed by atoms with Crippen LogP contribution >= 0.6 is 0 Å². The first-order valence-corrected chi connectivity index (χ1v) is 7.87. The van der Waals surface area contributed by atoms with Crippen LogP contribution in [0.25, 0.3) is 0 Å². The molecule has 2 aromatic rings. The molecule has 6 heteroatoms. The maximum Gasteiger partial charge on any atom is 0.335 e. The van der Waals surface area contributed by atoms with Crippen LogP contribution in [0.2, 0.25) is 0 Å². The van der Waals surface area contributed by atoms with E-state index in [0.29, 0.717) is 17.0 Å². The van der Waals surface area contributed by atoms with Crippen molar-refractivity contribution in [2.75, 3.05) is 19.1 Å². The molecule has 1 heterocycles. The van der Waals surface area contributed by atoms with Gasteiger partial charge in [0.1, 0.15) is 5.75 Å². The third-order valence-corrected chi connectivity index (χ3v) is 4.27. The van der Waals surface area contributed by atoms with Crippen molar-refractivity contribution in [2.45, 2.75) is 6.04 Å². The summed E-state index contributed by atoms with van der Waals surface area (Å²) in [7, 11) is 2.73. The van der Waals surface area contributed by atoms with Crippen LogP contribution in [0.15, 0.2) is 60.7 Å². The molecule has 3 rings (SSSR count). The van der Waals surface area contributed by atoms with Gasteiger partial charge in [-0.15, -0.1) is 0 Å². The van der Waals surface area contributed by atoms with Crippen LogP contribution in [0.3, 0.4) is 0 Å². The summed E-state index contributed by atoms with van der Waals surface area (Å²) >= 11 is 0. The minimum Gasteiger partial charge on any atom is -0.497 e. The Hall–Kier alpha value is -3.41. The normalized spacial score (nSPS) is 14.0. The van der Waals surface area contributed by atoms with E-state index in [1.807, 2.05) is 6.07 Å². The first-order valence-electron chi connectivity index (χ1n) is 7.87. The Balaban J connectivity index is 2.19. The number of fused-ring (bicyclic) bond motifs is 1. The third kappa shape index (κ3) is 2.75. The summed E-state index contributed by atoms with van der Waals surface area (Å²) in [4.78, 5) is 38.6. The van der Waals surface area contributed by atoms with Crippen LogP contribution in [0, 0.1) is 0 Å². The molecule has 0 spiro atoms. The third-order valence-electron chi connectivity index (χ3n) is 4.27. The standard InChI is InChI=1S/C20H17NO5/c1-12(20(24)26-3)17(13-7-5-4-6-8-13)21-16-11-14(25-2)9-10-15(16)18(22)19(21)23/h4-11,17H,1H2,2-3H3/t17-/m1/s1. The molecule has 1 aliphatic heterocycles. The first-order chi connectivity index (χ1) is 12.5. The quantitative estimate of drug-likeness (QED) is 0.470. The zero-order valence-corrected chi connectivity index (χ0v) is 14.4. The fourth-order valence-electron chi connectivity index (χ4n) is 3.00. The number of methoxy groups -OCH3 is 2. The second kappa shape index (κ2) is 6.84. The van der Waals surface area contributed by atoms with Gasteiger partial charge < -0.3 is 9.47 Å². The molecule has 1 atom stereocenters. The Kier molecular flexibility index (Phi) is 4.58. The highest BCUT2D eigenvalue weighted by atomic mass is 16.5. The van der Waals surface area contributed by atoms with Gasteiger partial charge in [-0.05, 0) is 17.7 Å². The number of ketones is 1. The van der Waals surface area contributed by atoms with E-state index in [2.05, 4.69) is 6.58 Å². The highest BCUT2D eigenvalue weighted by Gasteiger charge is 2.42. The molecule has 0 N–H and O–H groups in total. The number of hydrogen-bond acceptors (Lipinski definition) is 5. The van der Waals surface area contributed by atoms with Gasteiger partial charge in [-0.3, -0.25) is 14.5 Å². The molecule has 0 aromatic heterocycles. The summed E-state index contributed by atoms with van der Waals surface area (Å²) in [6.07, 6.45) is 0. The minimum absolute atomic E-state index is 0.0514. The van der Waals surface area contributed by atoms with Crippen molar-refractivity contribution >= 4 is 23.3 Å². The fraction of sp³-hybridized carbons (Fsp3) is 0.150. The first kappa shape index (κ1) is 17.4. The zero-order valence-electron chi connectivity index (χ0n) is 14.4. The summed E-state index contributed by atoms with van der Waals surface area (Å²) < 4.78 is 9.99. The van der Waals surface area contributed by atoms with E-state index in [1.165, 1.54) is 25.2 Å². The molecule has 0 aliphatic carbocycles. The Bertz CT molecular complexity index is 904. The zero-order chi connectivity index (χ0) is 18.8. The summed E-state index contributed by atoms with van der Waals surface area (Å²) in [6, 6.07) is 12.8. The number of nitrogens with zero attached hydrogens (tertiary/aromatic N) is 1. The Morgan fingerprint density at radius 1 is 1.08 bits per heavy atom. The van der Waals surface area contributed by atoms with Gasteiger partial charge >= 0.3 is 5.97 Å². The van der Waals surface area contributed by atoms with Gasteiger partial charge in [-0.1, -0.05) is 36.9 Å². The van der Waals surface area contributed by atoms with Gasteiger partial charge in [0.15, 0.2) is 0 Å². The van der Waals surface area contributed by atoms with E-state index in [9.17, 15) is 14.4 Å². The van der Waals surface area contributed by atoms with E-state index in [-0.39, 0.29) is 11.1 Å². The Morgan fingerprint density at radius 2 is 1.77 bits per heavy atom. The van der Waals surface area contributed by atoms with Crippen molar-refractivity contribution in [3.05, 3.63) is 71.8 Å². The van der Waals surface area contributed by atoms with Crippen LogP contribution in [-0.2, 0) is 14.3 Å². The van der Waals surface area contributed by atoms with E-state index < -0.39 is 23.7 Å². The highest BCUT2D eigenvalue weighted by Crippen LogP contribution is 2.40. The van der Waals surface area contributed by atoms with Gasteiger partial charge in [0.05, 0.1) is 37.1 Å². The lowest BCUT2D eigenvalue weighted by Crippen LogP contribution is -2.36. The summed E-state index contributed by atoms with van der Waals surface area (Å²) in [5.74, 6) is -1.53. The average molecular weight is 351 g/mol. The molecule has 0 fully saturated rings. The molecular weight excluding hydrogens is 334 g/mol. The number of ether oxygens (including phenoxy) is 2. The van der Waals surface area contributed by atoms with Crippen LogP contribution in [0.1, 0.15) is 22.0 Å². The average Bonchev–Trinajstić information content (AvgIpc) is 2.92. The largest absolute Gasteiger partial charge is 0.497 e. The molecule has 0 bridgehead atoms. The summed E-state index contributed by atoms with van der Waals surface area (Å²) in [5.41, 5.74) is 1.32. The van der Waals surface area contributed by atoms with Crippen molar-refractivity contribution in [2.24, 2.45) is 0 Å². The van der Waals surface area contributed by atoms with Gasteiger partial charge in [0.2, 0.25) is 0 Å². The van der Waals surface area contributed by atoms with Gasteiger partial charge in [-0.25, -0.2) is 4.79 Å². The summed E-state index contributed by atoms with van der Waals surface area (Å²) in [6.45, 7) is 3.81. The lowest BCUT2D eigenvalue weighted by molar-refractivity contribution is -0.136. The second-order valence-corrected chi connectivity index (χ2v) is 5.72. The molecular formula is C20H17NO5. The van der Waals surface area contributed by atoms with Crippen LogP contribution in [-0.4, -0.2) is 31.9 Å². The molecule has 0 unspecified atom stereocenters. The van der Waals surface area contributed by atoms with Crippen molar-refractivity contribution < 1.29 is 23.9 Å². The smallest absolute Gasteiger partial charge is 0.335 e. The predicted molar refractivity (Wildman–Crippen MR) is 95.1 cm³/mol. The monoisotopic (exact) mass is 351 g/mol. The Labute approximate surface area is 150 Å². The van der Waals surface area contributed by atoms with Gasteiger partial charge in [0, 0.05) is 6.07 Å². The van der Waals surface area contributed by atoms with E-state index in [4.69, 9.17) is 9.47 Å². The van der Waals surface area contributed by atoms with E-state index >= 15 is 0 Å². The van der Waals surface area contributed by atoms with Gasteiger partial charge in [0.25, 0.3) is 11.7 Å². The lowest BCUT2D eigenvalue weighted by atomic mass is 9.97. The molecule has 26 heavy (non-hydrogen) atoms. The SMILES string of the molecule is C=C(C(=O)OC)[C@H](c1ccccc1)N1C(=O)C(=O)c2ccc(OC)cc21. The molecule has 0 radical (unpaired) electrons. The number of esters is 1. The van der Waals surface area contributed by atoms with Crippen molar-refractivity contribution in [1.82, 2.24) is 0 Å². The Morgan fingerprint density at radius 3 is 2.38 bits per heavy atom. The summed E-state index contributed by atoms with van der Waals surface area (Å²) in [5, 5.41) is 0. The number of anilines is 1. The predicted octanol–water partition coefficient (Wildman–Crippen LogP) is 2.70. The molecule has 1 aliphatic rings.